The van der Waals surface area contributed by atoms with E-state index in [9.17, 15) is 4.79 Å². The molecule has 0 radical (unpaired) electrons. The van der Waals surface area contributed by atoms with E-state index in [0.29, 0.717) is 17.0 Å². The Morgan fingerprint density at radius 3 is 2.62 bits per heavy atom. The maximum absolute atomic E-state index is 11.9. The quantitative estimate of drug-likeness (QED) is 0.609. The van der Waals surface area contributed by atoms with Gasteiger partial charge >= 0.3 is 0 Å². The maximum Gasteiger partial charge on any atom is 0.195 e. The summed E-state index contributed by atoms with van der Waals surface area (Å²) in [5.74, 6) is 1.48. The van der Waals surface area contributed by atoms with Gasteiger partial charge in [-0.3, -0.25) is 9.20 Å². The van der Waals surface area contributed by atoms with Gasteiger partial charge in [-0.15, -0.1) is 11.3 Å². The molecule has 4 nitrogen and oxygen atoms in total. The Bertz CT molecular complexity index is 961. The van der Waals surface area contributed by atoms with Crippen molar-refractivity contribution in [3.05, 3.63) is 40.5 Å². The molecule has 2 aromatic heterocycles. The first-order chi connectivity index (χ1) is 12.4. The number of benzene rings is 1. The molecule has 0 amide bonds. The second-order valence-electron chi connectivity index (χ2n) is 8.09. The van der Waals surface area contributed by atoms with E-state index in [1.54, 1.807) is 18.4 Å². The molecule has 0 bridgehead atoms. The first-order valence-electron chi connectivity index (χ1n) is 9.05. The second kappa shape index (κ2) is 6.23. The lowest BCUT2D eigenvalue weighted by Crippen LogP contribution is -2.26. The number of rotatable bonds is 3. The van der Waals surface area contributed by atoms with Crippen LogP contribution in [0.2, 0.25) is 0 Å². The van der Waals surface area contributed by atoms with E-state index in [4.69, 9.17) is 9.72 Å². The van der Waals surface area contributed by atoms with Gasteiger partial charge in [-0.05, 0) is 54.9 Å². The van der Waals surface area contributed by atoms with Crippen molar-refractivity contribution < 1.29 is 9.53 Å². The maximum atomic E-state index is 11.9. The number of ether oxygens (including phenoxy) is 1. The van der Waals surface area contributed by atoms with Crippen molar-refractivity contribution in [3.63, 3.8) is 0 Å². The van der Waals surface area contributed by atoms with Crippen LogP contribution in [-0.2, 0) is 12.8 Å². The van der Waals surface area contributed by atoms with E-state index in [2.05, 4.69) is 25.2 Å². The van der Waals surface area contributed by atoms with Crippen LogP contribution in [0, 0.1) is 11.3 Å². The van der Waals surface area contributed by atoms with Gasteiger partial charge in [-0.25, -0.2) is 4.98 Å². The molecule has 26 heavy (non-hydrogen) atoms. The molecule has 1 aliphatic carbocycles. The normalized spacial score (nSPS) is 17.3. The molecular formula is C21H24N2O2S. The van der Waals surface area contributed by atoms with Gasteiger partial charge in [-0.2, -0.15) is 0 Å². The minimum absolute atomic E-state index is 0.311. The van der Waals surface area contributed by atoms with Gasteiger partial charge < -0.3 is 4.74 Å². The summed E-state index contributed by atoms with van der Waals surface area (Å²) in [6.07, 6.45) is 4.21. The number of aryl methyl sites for hydroxylation is 1. The molecule has 1 aromatic carbocycles. The highest BCUT2D eigenvalue weighted by molar-refractivity contribution is 7.17. The van der Waals surface area contributed by atoms with Crippen LogP contribution in [0.4, 0.5) is 0 Å². The Balaban J connectivity index is 1.79. The van der Waals surface area contributed by atoms with E-state index in [0.717, 1.165) is 47.5 Å². The minimum Gasteiger partial charge on any atom is -0.497 e. The molecule has 1 unspecified atom stereocenters. The van der Waals surface area contributed by atoms with E-state index >= 15 is 0 Å². The monoisotopic (exact) mass is 368 g/mol. The van der Waals surface area contributed by atoms with Gasteiger partial charge in [0.15, 0.2) is 11.2 Å². The SMILES string of the molecule is COc1ccc(-c2nc3sc4c(n3c2C=O)CCC(C(C)(C)C)C4)cc1. The summed E-state index contributed by atoms with van der Waals surface area (Å²) < 4.78 is 7.31. The number of aromatic nitrogens is 2. The van der Waals surface area contributed by atoms with Gasteiger partial charge in [0, 0.05) is 16.1 Å². The van der Waals surface area contributed by atoms with Crippen LogP contribution < -0.4 is 4.74 Å². The molecular weight excluding hydrogens is 344 g/mol. The Hall–Kier alpha value is -2.14. The number of carbonyl (C=O) groups excluding carboxylic acids is 1. The average Bonchev–Trinajstić information content (AvgIpc) is 3.15. The van der Waals surface area contributed by atoms with Crippen molar-refractivity contribution in [1.29, 1.82) is 0 Å². The average molecular weight is 369 g/mol. The van der Waals surface area contributed by atoms with Crippen LogP contribution in [0.15, 0.2) is 24.3 Å². The lowest BCUT2D eigenvalue weighted by molar-refractivity contribution is 0.111. The van der Waals surface area contributed by atoms with Crippen LogP contribution in [0.25, 0.3) is 16.2 Å². The zero-order valence-electron chi connectivity index (χ0n) is 15.7. The molecule has 0 saturated carbocycles. The van der Waals surface area contributed by atoms with Crippen molar-refractivity contribution in [2.45, 2.75) is 40.0 Å². The van der Waals surface area contributed by atoms with Crippen LogP contribution in [0.3, 0.4) is 0 Å². The van der Waals surface area contributed by atoms with Crippen molar-refractivity contribution in [2.24, 2.45) is 11.3 Å². The van der Waals surface area contributed by atoms with Crippen molar-refractivity contribution in [3.8, 4) is 17.0 Å². The highest BCUT2D eigenvalue weighted by Gasteiger charge is 2.32. The van der Waals surface area contributed by atoms with Gasteiger partial charge in [-0.1, -0.05) is 20.8 Å². The first kappa shape index (κ1) is 17.3. The summed E-state index contributed by atoms with van der Waals surface area (Å²) in [6, 6.07) is 7.72. The summed E-state index contributed by atoms with van der Waals surface area (Å²) in [5.41, 5.74) is 3.96. The third-order valence-corrected chi connectivity index (χ3v) is 6.65. The Morgan fingerprint density at radius 2 is 2.00 bits per heavy atom. The van der Waals surface area contributed by atoms with Gasteiger partial charge in [0.2, 0.25) is 0 Å². The second-order valence-corrected chi connectivity index (χ2v) is 9.15. The lowest BCUT2D eigenvalue weighted by atomic mass is 9.73. The smallest absolute Gasteiger partial charge is 0.195 e. The zero-order chi connectivity index (χ0) is 18.5. The van der Waals surface area contributed by atoms with Gasteiger partial charge in [0.05, 0.1) is 7.11 Å². The predicted octanol–water partition coefficient (Wildman–Crippen LogP) is 5.03. The number of thiazole rings is 1. The number of aldehydes is 1. The Morgan fingerprint density at radius 1 is 1.27 bits per heavy atom. The highest BCUT2D eigenvalue weighted by atomic mass is 32.1. The fraction of sp³-hybridized carbons (Fsp3) is 0.429. The molecule has 0 N–H and O–H groups in total. The summed E-state index contributed by atoms with van der Waals surface area (Å²) in [7, 11) is 1.65. The van der Waals surface area contributed by atoms with E-state index in [1.165, 1.54) is 10.6 Å². The number of hydrogen-bond acceptors (Lipinski definition) is 4. The number of nitrogens with zero attached hydrogens (tertiary/aromatic N) is 2. The third kappa shape index (κ3) is 2.75. The Kier molecular flexibility index (Phi) is 4.14. The fourth-order valence-electron chi connectivity index (χ4n) is 3.89. The summed E-state index contributed by atoms with van der Waals surface area (Å²) in [6.45, 7) is 6.96. The molecule has 0 fully saturated rings. The third-order valence-electron chi connectivity index (χ3n) is 5.55. The van der Waals surface area contributed by atoms with Crippen molar-refractivity contribution in [2.75, 3.05) is 7.11 Å². The highest BCUT2D eigenvalue weighted by Crippen LogP contribution is 2.41. The molecule has 5 heteroatoms. The molecule has 3 aromatic rings. The molecule has 136 valence electrons. The van der Waals surface area contributed by atoms with Gasteiger partial charge in [0.25, 0.3) is 0 Å². The number of methoxy groups -OCH3 is 1. The lowest BCUT2D eigenvalue weighted by Gasteiger charge is -2.33. The van der Waals surface area contributed by atoms with E-state index < -0.39 is 0 Å². The molecule has 0 aliphatic heterocycles. The standard InChI is InChI=1S/C21H24N2O2S/c1-21(2,3)14-7-10-16-18(11-14)26-20-22-19(17(12-24)23(16)20)13-5-8-15(25-4)9-6-13/h5-6,8-9,12,14H,7,10-11H2,1-4H3. The topological polar surface area (TPSA) is 43.6 Å². The molecule has 4 rings (SSSR count). The molecule has 0 saturated heterocycles. The van der Waals surface area contributed by atoms with Crippen molar-refractivity contribution in [1.82, 2.24) is 9.38 Å². The van der Waals surface area contributed by atoms with Crippen LogP contribution in [0.1, 0.15) is 48.3 Å². The minimum atomic E-state index is 0.311. The molecule has 1 aliphatic rings. The number of imidazole rings is 1. The van der Waals surface area contributed by atoms with Crippen LogP contribution in [-0.4, -0.2) is 22.8 Å². The van der Waals surface area contributed by atoms with Crippen LogP contribution in [0.5, 0.6) is 5.75 Å². The van der Waals surface area contributed by atoms with E-state index in [-0.39, 0.29) is 0 Å². The number of carbonyl (C=O) groups is 1. The van der Waals surface area contributed by atoms with Gasteiger partial charge in [0.1, 0.15) is 17.1 Å². The largest absolute Gasteiger partial charge is 0.497 e. The summed E-state index contributed by atoms with van der Waals surface area (Å²) >= 11 is 1.74. The molecule has 2 heterocycles. The number of hydrogen-bond donors (Lipinski definition) is 0. The summed E-state index contributed by atoms with van der Waals surface area (Å²) in [5, 5.41) is 0. The predicted molar refractivity (Wildman–Crippen MR) is 105 cm³/mol. The number of fused-ring (bicyclic) bond motifs is 3. The Labute approximate surface area is 157 Å². The molecule has 1 atom stereocenters. The van der Waals surface area contributed by atoms with Crippen molar-refractivity contribution >= 4 is 22.6 Å². The molecule has 0 spiro atoms. The first-order valence-corrected chi connectivity index (χ1v) is 9.86. The summed E-state index contributed by atoms with van der Waals surface area (Å²) in [4.78, 5) is 19.1. The van der Waals surface area contributed by atoms with Crippen LogP contribution >= 0.6 is 11.3 Å². The van der Waals surface area contributed by atoms with E-state index in [1.807, 2.05) is 24.3 Å². The zero-order valence-corrected chi connectivity index (χ0v) is 16.5. The fourth-order valence-corrected chi connectivity index (χ4v) is 5.14.